The van der Waals surface area contributed by atoms with Crippen molar-refractivity contribution < 1.29 is 9.59 Å². The molecule has 2 aromatic carbocycles. The van der Waals surface area contributed by atoms with E-state index < -0.39 is 0 Å². The highest BCUT2D eigenvalue weighted by Gasteiger charge is 2.27. The highest BCUT2D eigenvalue weighted by atomic mass is 16.2. The molecule has 5 nitrogen and oxygen atoms in total. The summed E-state index contributed by atoms with van der Waals surface area (Å²) < 4.78 is 0. The average Bonchev–Trinajstić information content (AvgIpc) is 2.75. The van der Waals surface area contributed by atoms with Crippen LogP contribution in [0.3, 0.4) is 0 Å². The maximum atomic E-state index is 12.0. The summed E-state index contributed by atoms with van der Waals surface area (Å²) in [5, 5.41) is 5.87. The Kier molecular flexibility index (Phi) is 6.25. The van der Waals surface area contributed by atoms with Crippen LogP contribution in [0.2, 0.25) is 0 Å². The zero-order valence-electron chi connectivity index (χ0n) is 16.8. The van der Waals surface area contributed by atoms with Gasteiger partial charge in [-0.3, -0.25) is 19.8 Å². The van der Waals surface area contributed by atoms with E-state index in [1.807, 2.05) is 24.3 Å². The Labute approximate surface area is 172 Å². The van der Waals surface area contributed by atoms with Gasteiger partial charge in [-0.15, -0.1) is 0 Å². The molecule has 0 saturated carbocycles. The fourth-order valence-corrected chi connectivity index (χ4v) is 4.19. The van der Waals surface area contributed by atoms with E-state index in [4.69, 9.17) is 0 Å². The van der Waals surface area contributed by atoms with E-state index >= 15 is 0 Å². The summed E-state index contributed by atoms with van der Waals surface area (Å²) in [5.41, 5.74) is 4.62. The minimum Gasteiger partial charge on any atom is -0.381 e. The number of rotatable bonds is 6. The molecule has 0 bridgehead atoms. The first-order valence-corrected chi connectivity index (χ1v) is 10.6. The van der Waals surface area contributed by atoms with Gasteiger partial charge in [0.25, 0.3) is 0 Å². The van der Waals surface area contributed by atoms with Gasteiger partial charge in [0.1, 0.15) is 0 Å². The third-order valence-corrected chi connectivity index (χ3v) is 5.93. The van der Waals surface area contributed by atoms with Gasteiger partial charge in [0.2, 0.25) is 11.8 Å². The van der Waals surface area contributed by atoms with Crippen molar-refractivity contribution in [3.8, 4) is 0 Å². The lowest BCUT2D eigenvalue weighted by molar-refractivity contribution is -0.134. The van der Waals surface area contributed by atoms with E-state index in [1.165, 1.54) is 43.5 Å². The number of nitrogens with zero attached hydrogens (tertiary/aromatic N) is 1. The van der Waals surface area contributed by atoms with E-state index in [1.54, 1.807) is 0 Å². The molecule has 4 rings (SSSR count). The van der Waals surface area contributed by atoms with Crippen molar-refractivity contribution in [1.29, 1.82) is 0 Å². The Morgan fingerprint density at radius 2 is 1.59 bits per heavy atom. The zero-order chi connectivity index (χ0) is 20.1. The van der Waals surface area contributed by atoms with Gasteiger partial charge in [0, 0.05) is 25.2 Å². The summed E-state index contributed by atoms with van der Waals surface area (Å²) in [6, 6.07) is 16.8. The number of hydrogen-bond acceptors (Lipinski definition) is 4. The Hall–Kier alpha value is -2.66. The topological polar surface area (TPSA) is 61.4 Å². The molecule has 0 spiro atoms. The summed E-state index contributed by atoms with van der Waals surface area (Å²) in [5.74, 6) is -0.590. The largest absolute Gasteiger partial charge is 0.381 e. The molecule has 2 aromatic rings. The molecule has 2 amide bonds. The molecule has 29 heavy (non-hydrogen) atoms. The average molecular weight is 392 g/mol. The minimum absolute atomic E-state index is 0.175. The lowest BCUT2D eigenvalue weighted by atomic mass is 9.90. The predicted octanol–water partition coefficient (Wildman–Crippen LogP) is 3.80. The SMILES string of the molecule is O=C1CCC(c2ccc(NCc3ccc(CN4CCCCC4)cc3)cc2)C(=O)N1. The van der Waals surface area contributed by atoms with Crippen molar-refractivity contribution in [2.45, 2.75) is 51.1 Å². The lowest BCUT2D eigenvalue weighted by Gasteiger charge is -2.26. The van der Waals surface area contributed by atoms with Crippen LogP contribution in [0.15, 0.2) is 48.5 Å². The molecule has 0 aromatic heterocycles. The smallest absolute Gasteiger partial charge is 0.234 e. The Bertz CT molecular complexity index is 839. The fourth-order valence-electron chi connectivity index (χ4n) is 4.19. The molecule has 2 saturated heterocycles. The number of amides is 2. The first-order chi connectivity index (χ1) is 14.2. The van der Waals surface area contributed by atoms with E-state index in [0.29, 0.717) is 12.8 Å². The first-order valence-electron chi connectivity index (χ1n) is 10.6. The second-order valence-electron chi connectivity index (χ2n) is 8.13. The molecule has 0 radical (unpaired) electrons. The van der Waals surface area contributed by atoms with Crippen LogP contribution < -0.4 is 10.6 Å². The maximum absolute atomic E-state index is 12.0. The van der Waals surface area contributed by atoms with Gasteiger partial charge < -0.3 is 5.32 Å². The van der Waals surface area contributed by atoms with Crippen LogP contribution in [0.4, 0.5) is 5.69 Å². The van der Waals surface area contributed by atoms with Crippen LogP contribution in [0.25, 0.3) is 0 Å². The third kappa shape index (κ3) is 5.24. The monoisotopic (exact) mass is 391 g/mol. The number of carbonyl (C=O) groups is 2. The van der Waals surface area contributed by atoms with Gasteiger partial charge in [0.05, 0.1) is 5.92 Å². The molecule has 2 aliphatic rings. The van der Waals surface area contributed by atoms with Crippen molar-refractivity contribution in [2.75, 3.05) is 18.4 Å². The van der Waals surface area contributed by atoms with E-state index in [0.717, 1.165) is 24.3 Å². The minimum atomic E-state index is -0.228. The standard InChI is InChI=1S/C24H29N3O2/c28-23-13-12-22(24(29)26-23)20-8-10-21(11-9-20)25-16-18-4-6-19(7-5-18)17-27-14-2-1-3-15-27/h4-11,22,25H,1-3,12-17H2,(H,26,28,29). The number of anilines is 1. The molecule has 152 valence electrons. The van der Waals surface area contributed by atoms with E-state index in [9.17, 15) is 9.59 Å². The molecule has 2 fully saturated rings. The number of piperidine rings is 2. The van der Waals surface area contributed by atoms with Gasteiger partial charge >= 0.3 is 0 Å². The Morgan fingerprint density at radius 1 is 0.897 bits per heavy atom. The highest BCUT2D eigenvalue weighted by molar-refractivity contribution is 6.00. The second kappa shape index (κ2) is 9.23. The van der Waals surface area contributed by atoms with Gasteiger partial charge in [0.15, 0.2) is 0 Å². The molecule has 1 atom stereocenters. The van der Waals surface area contributed by atoms with Gasteiger partial charge in [-0.25, -0.2) is 0 Å². The number of carbonyl (C=O) groups excluding carboxylic acids is 2. The third-order valence-electron chi connectivity index (χ3n) is 5.93. The zero-order valence-corrected chi connectivity index (χ0v) is 16.8. The molecule has 1 unspecified atom stereocenters. The van der Waals surface area contributed by atoms with Gasteiger partial charge in [-0.1, -0.05) is 42.8 Å². The summed E-state index contributed by atoms with van der Waals surface area (Å²) in [6.45, 7) is 4.26. The van der Waals surface area contributed by atoms with Crippen LogP contribution in [-0.4, -0.2) is 29.8 Å². The number of hydrogen-bond donors (Lipinski definition) is 2. The molecule has 0 aliphatic carbocycles. The second-order valence-corrected chi connectivity index (χ2v) is 8.13. The van der Waals surface area contributed by atoms with Crippen molar-refractivity contribution in [3.63, 3.8) is 0 Å². The number of likely N-dealkylation sites (tertiary alicyclic amines) is 1. The van der Waals surface area contributed by atoms with Crippen molar-refractivity contribution >= 4 is 17.5 Å². The highest BCUT2D eigenvalue weighted by Crippen LogP contribution is 2.26. The summed E-state index contributed by atoms with van der Waals surface area (Å²) in [6.07, 6.45) is 5.01. The molecular formula is C24H29N3O2. The summed E-state index contributed by atoms with van der Waals surface area (Å²) >= 11 is 0. The summed E-state index contributed by atoms with van der Waals surface area (Å²) in [7, 11) is 0. The normalized spacial score (nSPS) is 20.3. The molecular weight excluding hydrogens is 362 g/mol. The van der Waals surface area contributed by atoms with Crippen LogP contribution in [0, 0.1) is 0 Å². The van der Waals surface area contributed by atoms with Gasteiger partial charge in [-0.05, 0) is 61.2 Å². The van der Waals surface area contributed by atoms with Crippen molar-refractivity contribution in [2.24, 2.45) is 0 Å². The molecule has 2 N–H and O–H groups in total. The van der Waals surface area contributed by atoms with E-state index in [2.05, 4.69) is 39.8 Å². The lowest BCUT2D eigenvalue weighted by Crippen LogP contribution is -2.39. The quantitative estimate of drug-likeness (QED) is 0.735. The van der Waals surface area contributed by atoms with Crippen LogP contribution in [0.5, 0.6) is 0 Å². The van der Waals surface area contributed by atoms with Crippen LogP contribution in [-0.2, 0) is 22.7 Å². The van der Waals surface area contributed by atoms with Crippen molar-refractivity contribution in [1.82, 2.24) is 10.2 Å². The predicted molar refractivity (Wildman–Crippen MR) is 114 cm³/mol. The van der Waals surface area contributed by atoms with Crippen molar-refractivity contribution in [3.05, 3.63) is 65.2 Å². The molecule has 2 aliphatic heterocycles. The fraction of sp³-hybridized carbons (Fsp3) is 0.417. The van der Waals surface area contributed by atoms with Gasteiger partial charge in [-0.2, -0.15) is 0 Å². The maximum Gasteiger partial charge on any atom is 0.234 e. The number of benzene rings is 2. The molecule has 5 heteroatoms. The first kappa shape index (κ1) is 19.6. The van der Waals surface area contributed by atoms with Crippen LogP contribution in [0.1, 0.15) is 54.7 Å². The number of nitrogens with one attached hydrogen (secondary N) is 2. The Balaban J connectivity index is 1.28. The molecule has 2 heterocycles. The Morgan fingerprint density at radius 3 is 2.28 bits per heavy atom. The summed E-state index contributed by atoms with van der Waals surface area (Å²) in [4.78, 5) is 25.8. The number of imide groups is 1. The van der Waals surface area contributed by atoms with Crippen LogP contribution >= 0.6 is 0 Å². The van der Waals surface area contributed by atoms with E-state index in [-0.39, 0.29) is 17.7 Å².